The molecule has 11 aromatic rings. The molecule has 1 heterocycles. The van der Waals surface area contributed by atoms with Crippen molar-refractivity contribution in [1.29, 1.82) is 0 Å². The van der Waals surface area contributed by atoms with Gasteiger partial charge in [-0.1, -0.05) is 152 Å². The van der Waals surface area contributed by atoms with E-state index < -0.39 is 0 Å². The topological polar surface area (TPSA) is 8.17 Å². The number of nitrogens with zero attached hydrogens (tertiary/aromatic N) is 2. The lowest BCUT2D eigenvalue weighted by molar-refractivity contribution is 1.17. The minimum Gasteiger partial charge on any atom is -0.310 e. The molecular weight excluding hydrogens is 677 g/mol. The van der Waals surface area contributed by atoms with Crippen molar-refractivity contribution in [1.82, 2.24) is 4.57 Å². The maximum atomic E-state index is 2.46. The first kappa shape index (κ1) is 31.0. The number of para-hydroxylation sites is 2. The highest BCUT2D eigenvalue weighted by molar-refractivity contribution is 6.19. The minimum absolute atomic E-state index is 1.10. The summed E-state index contributed by atoms with van der Waals surface area (Å²) in [6.07, 6.45) is 0. The van der Waals surface area contributed by atoms with Gasteiger partial charge in [0, 0.05) is 33.2 Å². The lowest BCUT2D eigenvalue weighted by atomic mass is 9.96. The Morgan fingerprint density at radius 1 is 0.321 bits per heavy atom. The van der Waals surface area contributed by atoms with Crippen molar-refractivity contribution in [2.24, 2.45) is 0 Å². The molecule has 1 aromatic heterocycles. The van der Waals surface area contributed by atoms with Crippen LogP contribution in [0.3, 0.4) is 0 Å². The number of hydrogen-bond acceptors (Lipinski definition) is 1. The first-order valence-electron chi connectivity index (χ1n) is 19.3. The van der Waals surface area contributed by atoms with E-state index in [1.807, 2.05) is 0 Å². The predicted octanol–water partition coefficient (Wildman–Crippen LogP) is 15.0. The number of benzene rings is 10. The van der Waals surface area contributed by atoms with Crippen LogP contribution in [0, 0.1) is 0 Å². The molecule has 0 fully saturated rings. The monoisotopic (exact) mass is 710 g/mol. The molecule has 0 radical (unpaired) electrons. The molecule has 0 spiro atoms. The zero-order chi connectivity index (χ0) is 36.7. The molecule has 0 saturated carbocycles. The van der Waals surface area contributed by atoms with Crippen LogP contribution in [0.1, 0.15) is 0 Å². The van der Waals surface area contributed by atoms with Crippen LogP contribution >= 0.6 is 0 Å². The van der Waals surface area contributed by atoms with Crippen molar-refractivity contribution in [2.45, 2.75) is 0 Å². The molecule has 0 atom stereocenters. The Labute approximate surface area is 324 Å². The minimum atomic E-state index is 1.10. The first-order chi connectivity index (χ1) is 27.8. The Balaban J connectivity index is 1.09. The van der Waals surface area contributed by atoms with Crippen molar-refractivity contribution >= 4 is 71.2 Å². The summed E-state index contributed by atoms with van der Waals surface area (Å²) in [5.41, 5.74) is 14.5. The molecule has 10 aromatic carbocycles. The van der Waals surface area contributed by atoms with Crippen molar-refractivity contribution in [3.05, 3.63) is 206 Å². The Kier molecular flexibility index (Phi) is 6.66. The Morgan fingerprint density at radius 3 is 1.66 bits per heavy atom. The second-order valence-electron chi connectivity index (χ2n) is 14.9. The SMILES string of the molecule is c1cc(-c2ccc3ccc4ccccc4c3c2)cc(N(c2cccc(-n3c4ccccc4c4ccccc43)c2)c2ccc3c4c(cccc24)-c2ccccc2-3)c1. The summed E-state index contributed by atoms with van der Waals surface area (Å²) in [6, 6.07) is 75.9. The van der Waals surface area contributed by atoms with Gasteiger partial charge in [-0.2, -0.15) is 0 Å². The van der Waals surface area contributed by atoms with Gasteiger partial charge in [0.2, 0.25) is 0 Å². The van der Waals surface area contributed by atoms with E-state index in [0.717, 1.165) is 22.7 Å². The van der Waals surface area contributed by atoms with Gasteiger partial charge >= 0.3 is 0 Å². The van der Waals surface area contributed by atoms with E-state index in [1.165, 1.54) is 87.5 Å². The molecule has 2 nitrogen and oxygen atoms in total. The largest absolute Gasteiger partial charge is 0.310 e. The fraction of sp³-hybridized carbons (Fsp3) is 0. The van der Waals surface area contributed by atoms with Crippen molar-refractivity contribution in [2.75, 3.05) is 4.90 Å². The fourth-order valence-electron chi connectivity index (χ4n) is 9.39. The van der Waals surface area contributed by atoms with Crippen LogP contribution in [0.5, 0.6) is 0 Å². The second-order valence-corrected chi connectivity index (χ2v) is 14.9. The van der Waals surface area contributed by atoms with Crippen LogP contribution in [-0.2, 0) is 0 Å². The highest BCUT2D eigenvalue weighted by atomic mass is 15.1. The molecule has 1 aliphatic carbocycles. The highest BCUT2D eigenvalue weighted by Gasteiger charge is 2.25. The number of hydrogen-bond donors (Lipinski definition) is 0. The normalized spacial score (nSPS) is 11.9. The Bertz CT molecular complexity index is 3300. The first-order valence-corrected chi connectivity index (χ1v) is 19.3. The standard InChI is InChI=1S/C54H34N2/c1-2-17-42-35(12-1)26-27-36-28-29-38(33-50(36)42)37-13-9-14-39(32-37)55(53-31-30-48-44-19-4-3-18-43(44)47-22-11-23-49(53)54(47)48)40-15-10-16-41(34-40)56-51-24-7-5-20-45(51)46-21-6-8-25-52(46)56/h1-34H. The summed E-state index contributed by atoms with van der Waals surface area (Å²) in [5, 5.41) is 10.1. The molecule has 0 aliphatic heterocycles. The van der Waals surface area contributed by atoms with E-state index in [2.05, 4.69) is 216 Å². The zero-order valence-electron chi connectivity index (χ0n) is 30.5. The van der Waals surface area contributed by atoms with Crippen LogP contribution in [0.15, 0.2) is 206 Å². The quantitative estimate of drug-likeness (QED) is 0.161. The van der Waals surface area contributed by atoms with Crippen molar-refractivity contribution in [3.63, 3.8) is 0 Å². The van der Waals surface area contributed by atoms with E-state index in [-0.39, 0.29) is 0 Å². The van der Waals surface area contributed by atoms with Gasteiger partial charge in [-0.3, -0.25) is 0 Å². The van der Waals surface area contributed by atoms with Gasteiger partial charge in [-0.15, -0.1) is 0 Å². The van der Waals surface area contributed by atoms with E-state index in [1.54, 1.807) is 0 Å². The molecule has 1 aliphatic rings. The smallest absolute Gasteiger partial charge is 0.0541 e. The Hall–Kier alpha value is -7.42. The third kappa shape index (κ3) is 4.57. The summed E-state index contributed by atoms with van der Waals surface area (Å²) < 4.78 is 2.41. The summed E-state index contributed by atoms with van der Waals surface area (Å²) >= 11 is 0. The van der Waals surface area contributed by atoms with Crippen molar-refractivity contribution < 1.29 is 0 Å². The van der Waals surface area contributed by atoms with Crippen LogP contribution in [0.2, 0.25) is 0 Å². The molecule has 0 saturated heterocycles. The molecule has 0 bridgehead atoms. The summed E-state index contributed by atoms with van der Waals surface area (Å²) in [4.78, 5) is 2.46. The van der Waals surface area contributed by atoms with Crippen molar-refractivity contribution in [3.8, 4) is 39.1 Å². The van der Waals surface area contributed by atoms with Gasteiger partial charge in [-0.25, -0.2) is 0 Å². The molecule has 0 N–H and O–H groups in total. The van der Waals surface area contributed by atoms with Gasteiger partial charge in [0.15, 0.2) is 0 Å². The number of aromatic nitrogens is 1. The van der Waals surface area contributed by atoms with Gasteiger partial charge in [0.05, 0.1) is 16.7 Å². The van der Waals surface area contributed by atoms with E-state index in [0.29, 0.717) is 0 Å². The van der Waals surface area contributed by atoms with Gasteiger partial charge in [0.25, 0.3) is 0 Å². The molecule has 0 unspecified atom stereocenters. The maximum Gasteiger partial charge on any atom is 0.0541 e. The number of anilines is 3. The number of fused-ring (bicyclic) bond motifs is 9. The maximum absolute atomic E-state index is 2.46. The third-order valence-corrected chi connectivity index (χ3v) is 11.9. The fourth-order valence-corrected chi connectivity index (χ4v) is 9.39. The van der Waals surface area contributed by atoms with Crippen LogP contribution < -0.4 is 4.90 Å². The zero-order valence-corrected chi connectivity index (χ0v) is 30.5. The summed E-state index contributed by atoms with van der Waals surface area (Å²) in [7, 11) is 0. The van der Waals surface area contributed by atoms with E-state index in [4.69, 9.17) is 0 Å². The van der Waals surface area contributed by atoms with Gasteiger partial charge in [0.1, 0.15) is 0 Å². The van der Waals surface area contributed by atoms with Crippen LogP contribution in [0.4, 0.5) is 17.1 Å². The van der Waals surface area contributed by atoms with Crippen LogP contribution in [0.25, 0.3) is 93.2 Å². The Morgan fingerprint density at radius 2 is 0.875 bits per heavy atom. The average molecular weight is 711 g/mol. The second kappa shape index (κ2) is 12.0. The number of rotatable bonds is 5. The van der Waals surface area contributed by atoms with Gasteiger partial charge < -0.3 is 9.47 Å². The summed E-state index contributed by atoms with van der Waals surface area (Å²) in [6.45, 7) is 0. The van der Waals surface area contributed by atoms with E-state index in [9.17, 15) is 0 Å². The molecule has 2 heteroatoms. The molecule has 56 heavy (non-hydrogen) atoms. The third-order valence-electron chi connectivity index (χ3n) is 11.9. The molecule has 12 rings (SSSR count). The lowest BCUT2D eigenvalue weighted by Crippen LogP contribution is -2.11. The van der Waals surface area contributed by atoms with Gasteiger partial charge in [-0.05, 0) is 115 Å². The summed E-state index contributed by atoms with van der Waals surface area (Å²) in [5.74, 6) is 0. The molecular formula is C54H34N2. The molecule has 0 amide bonds. The predicted molar refractivity (Wildman–Crippen MR) is 238 cm³/mol. The molecule has 260 valence electrons. The highest BCUT2D eigenvalue weighted by Crippen LogP contribution is 2.51. The van der Waals surface area contributed by atoms with Crippen LogP contribution in [-0.4, -0.2) is 4.57 Å². The average Bonchev–Trinajstić information content (AvgIpc) is 3.78. The lowest BCUT2D eigenvalue weighted by Gasteiger charge is -2.28. The van der Waals surface area contributed by atoms with E-state index >= 15 is 0 Å².